The number of hydrogen-bond acceptors (Lipinski definition) is 4. The number of rotatable bonds is 10. The molecule has 0 spiro atoms. The van der Waals surface area contributed by atoms with E-state index < -0.39 is 11.9 Å². The van der Waals surface area contributed by atoms with Gasteiger partial charge in [0, 0.05) is 17.3 Å². The van der Waals surface area contributed by atoms with Crippen molar-refractivity contribution in [1.82, 2.24) is 5.32 Å². The summed E-state index contributed by atoms with van der Waals surface area (Å²) in [5.74, 6) is -0.457. The summed E-state index contributed by atoms with van der Waals surface area (Å²) in [6, 6.07) is 18.6. The maximum absolute atomic E-state index is 12.9. The third-order valence-electron chi connectivity index (χ3n) is 6.16. The lowest BCUT2D eigenvalue weighted by Gasteiger charge is -2.13. The summed E-state index contributed by atoms with van der Waals surface area (Å²) >= 11 is 0. The molecule has 2 amide bonds. The highest BCUT2D eigenvalue weighted by molar-refractivity contribution is 6.12. The zero-order chi connectivity index (χ0) is 26.2. The normalized spacial score (nSPS) is 12.3. The largest absolute Gasteiger partial charge is 0.478 e. The maximum Gasteiger partial charge on any atom is 0.336 e. The first-order valence-electron chi connectivity index (χ1n) is 12.1. The molecule has 36 heavy (non-hydrogen) atoms. The molecule has 2 unspecified atom stereocenters. The molecule has 0 saturated heterocycles. The van der Waals surface area contributed by atoms with Crippen molar-refractivity contribution in [3.8, 4) is 11.5 Å². The molecule has 0 heterocycles. The molecule has 0 bridgehead atoms. The molecule has 0 radical (unpaired) electrons. The molecular formula is C29H32N2O5. The Morgan fingerprint density at radius 3 is 1.97 bits per heavy atom. The van der Waals surface area contributed by atoms with E-state index in [1.807, 2.05) is 26.0 Å². The van der Waals surface area contributed by atoms with E-state index in [9.17, 15) is 19.5 Å². The van der Waals surface area contributed by atoms with Crippen LogP contribution in [-0.2, 0) is 0 Å². The Labute approximate surface area is 211 Å². The van der Waals surface area contributed by atoms with Gasteiger partial charge in [0.15, 0.2) is 0 Å². The van der Waals surface area contributed by atoms with Gasteiger partial charge in [-0.1, -0.05) is 32.9 Å². The molecule has 3 rings (SSSR count). The Kier molecular flexibility index (Phi) is 8.84. The van der Waals surface area contributed by atoms with Crippen LogP contribution in [0.25, 0.3) is 0 Å². The van der Waals surface area contributed by atoms with Crippen molar-refractivity contribution in [1.29, 1.82) is 0 Å². The van der Waals surface area contributed by atoms with Crippen molar-refractivity contribution < 1.29 is 24.2 Å². The number of carboxylic acid groups (broad SMARTS) is 1. The lowest BCUT2D eigenvalue weighted by molar-refractivity contribution is 0.0691. The molecule has 3 N–H and O–H groups in total. The third-order valence-corrected chi connectivity index (χ3v) is 6.16. The number of carbonyl (C=O) groups is 3. The minimum absolute atomic E-state index is 0.0486. The summed E-state index contributed by atoms with van der Waals surface area (Å²) in [6.07, 6.45) is 1.81. The first-order valence-corrected chi connectivity index (χ1v) is 12.1. The lowest BCUT2D eigenvalue weighted by Crippen LogP contribution is -2.32. The first kappa shape index (κ1) is 26.5. The number of aromatic carboxylic acids is 1. The monoisotopic (exact) mass is 488 g/mol. The van der Waals surface area contributed by atoms with Crippen LogP contribution in [0.4, 0.5) is 5.69 Å². The molecular weight excluding hydrogens is 456 g/mol. The van der Waals surface area contributed by atoms with E-state index in [2.05, 4.69) is 36.6 Å². The second kappa shape index (κ2) is 12.0. The van der Waals surface area contributed by atoms with E-state index >= 15 is 0 Å². The van der Waals surface area contributed by atoms with Gasteiger partial charge in [-0.15, -0.1) is 0 Å². The van der Waals surface area contributed by atoms with Crippen LogP contribution in [0, 0.1) is 0 Å². The number of benzene rings is 3. The summed E-state index contributed by atoms with van der Waals surface area (Å²) in [4.78, 5) is 37.1. The highest BCUT2D eigenvalue weighted by Gasteiger charge is 2.20. The molecule has 0 aliphatic carbocycles. The molecule has 7 nitrogen and oxygen atoms in total. The van der Waals surface area contributed by atoms with Gasteiger partial charge in [-0.05, 0) is 85.8 Å². The van der Waals surface area contributed by atoms with Gasteiger partial charge < -0.3 is 20.5 Å². The number of hydrogen-bond donors (Lipinski definition) is 3. The predicted octanol–water partition coefficient (Wildman–Crippen LogP) is 6.47. The molecule has 0 aromatic heterocycles. The van der Waals surface area contributed by atoms with Crippen LogP contribution in [0.5, 0.6) is 11.5 Å². The fourth-order valence-electron chi connectivity index (χ4n) is 3.51. The van der Waals surface area contributed by atoms with E-state index in [1.54, 1.807) is 24.3 Å². The molecule has 0 aliphatic rings. The summed E-state index contributed by atoms with van der Waals surface area (Å²) < 4.78 is 5.89. The zero-order valence-corrected chi connectivity index (χ0v) is 21.0. The predicted molar refractivity (Wildman–Crippen MR) is 140 cm³/mol. The average Bonchev–Trinajstić information content (AvgIpc) is 2.89. The van der Waals surface area contributed by atoms with E-state index in [0.29, 0.717) is 23.1 Å². The van der Waals surface area contributed by atoms with Crippen molar-refractivity contribution in [2.75, 3.05) is 5.32 Å². The lowest BCUT2D eigenvalue weighted by atomic mass is 9.99. The highest BCUT2D eigenvalue weighted by Crippen LogP contribution is 2.26. The minimum Gasteiger partial charge on any atom is -0.478 e. The summed E-state index contributed by atoms with van der Waals surface area (Å²) in [6.45, 7) is 8.14. The zero-order valence-electron chi connectivity index (χ0n) is 21.0. The van der Waals surface area contributed by atoms with Crippen LogP contribution < -0.4 is 15.4 Å². The van der Waals surface area contributed by atoms with Crippen molar-refractivity contribution in [2.24, 2.45) is 0 Å². The van der Waals surface area contributed by atoms with Crippen molar-refractivity contribution in [3.05, 3.63) is 89.0 Å². The van der Waals surface area contributed by atoms with Crippen molar-refractivity contribution in [2.45, 2.75) is 52.5 Å². The fourth-order valence-corrected chi connectivity index (χ4v) is 3.51. The van der Waals surface area contributed by atoms with E-state index in [1.165, 1.54) is 23.8 Å². The summed E-state index contributed by atoms with van der Waals surface area (Å²) in [5, 5.41) is 15.0. The van der Waals surface area contributed by atoms with Gasteiger partial charge in [-0.2, -0.15) is 0 Å². The van der Waals surface area contributed by atoms with Crippen LogP contribution in [0.2, 0.25) is 0 Å². The van der Waals surface area contributed by atoms with Gasteiger partial charge in [-0.3, -0.25) is 9.59 Å². The van der Waals surface area contributed by atoms with Crippen molar-refractivity contribution >= 4 is 23.5 Å². The average molecular weight is 489 g/mol. The maximum atomic E-state index is 12.9. The van der Waals surface area contributed by atoms with Crippen molar-refractivity contribution in [3.63, 3.8) is 0 Å². The second-order valence-electron chi connectivity index (χ2n) is 8.81. The van der Waals surface area contributed by atoms with Gasteiger partial charge in [0.05, 0.1) is 11.1 Å². The third kappa shape index (κ3) is 6.72. The molecule has 3 aromatic carbocycles. The molecule has 188 valence electrons. The number of carbonyl (C=O) groups excluding carboxylic acids is 2. The Morgan fingerprint density at radius 2 is 1.42 bits per heavy atom. The Morgan fingerprint density at radius 1 is 0.806 bits per heavy atom. The fraction of sp³-hybridized carbons (Fsp3) is 0.276. The molecule has 7 heteroatoms. The van der Waals surface area contributed by atoms with Gasteiger partial charge in [-0.25, -0.2) is 4.79 Å². The minimum atomic E-state index is -1.25. The molecule has 0 fully saturated rings. The number of amides is 2. The van der Waals surface area contributed by atoms with Crippen LogP contribution in [0.3, 0.4) is 0 Å². The Balaban J connectivity index is 1.72. The Bertz CT molecular complexity index is 1220. The smallest absolute Gasteiger partial charge is 0.336 e. The Hall–Kier alpha value is -4.13. The first-order chi connectivity index (χ1) is 17.2. The van der Waals surface area contributed by atoms with Crippen LogP contribution >= 0.6 is 0 Å². The standard InChI is InChI=1S/C29H32N2O5/c1-5-18(3)20-7-12-23(13-8-20)36-24-14-10-22(11-15-24)31-28(33)26-17-21(9-16-25(26)29(34)35)27(32)30-19(4)6-2/h7-19H,5-6H2,1-4H3,(H,30,32)(H,31,33)(H,34,35). The number of anilines is 1. The van der Waals surface area contributed by atoms with Gasteiger partial charge in [0.25, 0.3) is 11.8 Å². The molecule has 3 aromatic rings. The van der Waals surface area contributed by atoms with Gasteiger partial charge >= 0.3 is 5.97 Å². The number of carboxylic acids is 1. The van der Waals surface area contributed by atoms with E-state index in [4.69, 9.17) is 4.74 Å². The molecule has 0 saturated carbocycles. The van der Waals surface area contributed by atoms with Crippen LogP contribution in [-0.4, -0.2) is 28.9 Å². The second-order valence-corrected chi connectivity index (χ2v) is 8.81. The van der Waals surface area contributed by atoms with E-state index in [0.717, 1.165) is 12.8 Å². The molecule has 2 atom stereocenters. The van der Waals surface area contributed by atoms with E-state index in [-0.39, 0.29) is 28.6 Å². The van der Waals surface area contributed by atoms with Crippen LogP contribution in [0.1, 0.15) is 83.1 Å². The topological polar surface area (TPSA) is 105 Å². The number of nitrogens with one attached hydrogen (secondary N) is 2. The SMILES string of the molecule is CCC(C)NC(=O)c1ccc(C(=O)O)c(C(=O)Nc2ccc(Oc3ccc(C(C)CC)cc3)cc2)c1. The summed E-state index contributed by atoms with van der Waals surface area (Å²) in [7, 11) is 0. The molecule has 0 aliphatic heterocycles. The quantitative estimate of drug-likeness (QED) is 0.303. The van der Waals surface area contributed by atoms with Crippen LogP contribution in [0.15, 0.2) is 66.7 Å². The van der Waals surface area contributed by atoms with Gasteiger partial charge in [0.1, 0.15) is 11.5 Å². The van der Waals surface area contributed by atoms with Gasteiger partial charge in [0.2, 0.25) is 0 Å². The summed E-state index contributed by atoms with van der Waals surface area (Å²) in [5.41, 5.74) is 1.65. The highest BCUT2D eigenvalue weighted by atomic mass is 16.5. The number of ether oxygens (including phenoxy) is 1.